The van der Waals surface area contributed by atoms with E-state index in [1.54, 1.807) is 6.92 Å². The summed E-state index contributed by atoms with van der Waals surface area (Å²) >= 11 is 0. The molecule has 0 atom stereocenters. The number of hydrogen-bond acceptors (Lipinski definition) is 5. The van der Waals surface area contributed by atoms with Crippen molar-refractivity contribution in [1.82, 2.24) is 9.62 Å². The van der Waals surface area contributed by atoms with Gasteiger partial charge in [0.15, 0.2) is 6.61 Å². The van der Waals surface area contributed by atoms with E-state index in [9.17, 15) is 18.0 Å². The van der Waals surface area contributed by atoms with Crippen molar-refractivity contribution in [1.29, 1.82) is 0 Å². The molecule has 140 valence electrons. The lowest BCUT2D eigenvalue weighted by molar-refractivity contribution is -0.125. The lowest BCUT2D eigenvalue weighted by Crippen LogP contribution is -2.44. The minimum Gasteiger partial charge on any atom is -0.452 e. The van der Waals surface area contributed by atoms with Crippen molar-refractivity contribution < 1.29 is 22.7 Å². The zero-order chi connectivity index (χ0) is 19.4. The lowest BCUT2D eigenvalue weighted by atomic mass is 10.0. The molecule has 0 aliphatic carbocycles. The third-order valence-corrected chi connectivity index (χ3v) is 5.71. The molecule has 1 amide bonds. The molecule has 0 fully saturated rings. The Hall–Kier alpha value is -1.93. The number of rotatable bonds is 7. The van der Waals surface area contributed by atoms with Crippen LogP contribution in [-0.4, -0.2) is 50.8 Å². The largest absolute Gasteiger partial charge is 0.452 e. The predicted molar refractivity (Wildman–Crippen MR) is 94.8 cm³/mol. The molecule has 0 unspecified atom stereocenters. The van der Waals surface area contributed by atoms with Gasteiger partial charge in [-0.25, -0.2) is 17.5 Å². The van der Waals surface area contributed by atoms with E-state index in [1.807, 2.05) is 20.8 Å². The van der Waals surface area contributed by atoms with Gasteiger partial charge in [-0.05, 0) is 44.9 Å². The van der Waals surface area contributed by atoms with Gasteiger partial charge in [-0.3, -0.25) is 4.79 Å². The van der Waals surface area contributed by atoms with E-state index in [2.05, 4.69) is 5.32 Å². The zero-order valence-electron chi connectivity index (χ0n) is 15.5. The lowest BCUT2D eigenvalue weighted by Gasteiger charge is -2.24. The highest BCUT2D eigenvalue weighted by Gasteiger charge is 2.22. The van der Waals surface area contributed by atoms with E-state index < -0.39 is 28.5 Å². The first kappa shape index (κ1) is 21.1. The molecule has 0 radical (unpaired) electrons. The van der Waals surface area contributed by atoms with Crippen LogP contribution in [0.1, 0.15) is 43.1 Å². The monoisotopic (exact) mass is 370 g/mol. The van der Waals surface area contributed by atoms with Gasteiger partial charge in [-0.2, -0.15) is 0 Å². The number of benzene rings is 1. The Morgan fingerprint density at radius 2 is 1.84 bits per heavy atom. The number of carbonyl (C=O) groups excluding carboxylic acids is 2. The Morgan fingerprint density at radius 1 is 1.24 bits per heavy atom. The minimum absolute atomic E-state index is 0.00776. The third-order valence-electron chi connectivity index (χ3n) is 3.90. The molecule has 0 bridgehead atoms. The van der Waals surface area contributed by atoms with Crippen LogP contribution in [0.15, 0.2) is 23.1 Å². The fourth-order valence-electron chi connectivity index (χ4n) is 1.90. The van der Waals surface area contributed by atoms with Crippen LogP contribution in [0, 0.1) is 6.92 Å². The smallest absolute Gasteiger partial charge is 0.338 e. The molecule has 7 nitrogen and oxygen atoms in total. The Bertz CT molecular complexity index is 754. The molecule has 0 aromatic heterocycles. The van der Waals surface area contributed by atoms with Crippen molar-refractivity contribution in [2.24, 2.45) is 0 Å². The minimum atomic E-state index is -3.66. The topological polar surface area (TPSA) is 92.8 Å². The van der Waals surface area contributed by atoms with Gasteiger partial charge in [0.25, 0.3) is 5.91 Å². The zero-order valence-corrected chi connectivity index (χ0v) is 16.4. The van der Waals surface area contributed by atoms with Crippen LogP contribution < -0.4 is 5.32 Å². The molecule has 0 saturated carbocycles. The van der Waals surface area contributed by atoms with Crippen LogP contribution in [0.3, 0.4) is 0 Å². The molecule has 1 aromatic rings. The molecule has 1 aromatic carbocycles. The Labute approximate surface area is 149 Å². The van der Waals surface area contributed by atoms with Crippen molar-refractivity contribution in [2.75, 3.05) is 20.7 Å². The fourth-order valence-corrected chi connectivity index (χ4v) is 2.83. The molecule has 1 rings (SSSR count). The van der Waals surface area contributed by atoms with Crippen LogP contribution in [0.5, 0.6) is 0 Å². The number of hydrogen-bond donors (Lipinski definition) is 1. The number of ether oxygens (including phenoxy) is 1. The van der Waals surface area contributed by atoms with Crippen molar-refractivity contribution in [3.8, 4) is 0 Å². The molecule has 8 heteroatoms. The summed E-state index contributed by atoms with van der Waals surface area (Å²) < 4.78 is 30.5. The number of esters is 1. The third kappa shape index (κ3) is 5.54. The molecule has 0 heterocycles. The second kappa shape index (κ2) is 7.97. The second-order valence-electron chi connectivity index (χ2n) is 6.63. The summed E-state index contributed by atoms with van der Waals surface area (Å²) in [5.74, 6) is -1.15. The first-order valence-corrected chi connectivity index (χ1v) is 9.36. The van der Waals surface area contributed by atoms with Crippen molar-refractivity contribution in [2.45, 2.75) is 44.6 Å². The summed E-state index contributed by atoms with van der Waals surface area (Å²) in [7, 11) is -0.843. The van der Waals surface area contributed by atoms with Crippen LogP contribution in [-0.2, 0) is 19.6 Å². The van der Waals surface area contributed by atoms with Gasteiger partial charge in [0.05, 0.1) is 10.5 Å². The van der Waals surface area contributed by atoms with Gasteiger partial charge in [0.1, 0.15) is 0 Å². The predicted octanol–water partition coefficient (Wildman–Crippen LogP) is 1.71. The van der Waals surface area contributed by atoms with Crippen LogP contribution in [0.25, 0.3) is 0 Å². The van der Waals surface area contributed by atoms with Gasteiger partial charge < -0.3 is 10.1 Å². The molecule has 0 spiro atoms. The maximum absolute atomic E-state index is 12.2. The summed E-state index contributed by atoms with van der Waals surface area (Å²) in [5, 5.41) is 2.76. The summed E-state index contributed by atoms with van der Waals surface area (Å²) in [6.07, 6.45) is 0.732. The number of amides is 1. The molecule has 0 saturated heterocycles. The standard InChI is InChI=1S/C17H26N2O5S/c1-7-17(3,4)18-15(20)11-24-16(21)14-10-13(9-8-12(14)2)25(22,23)19(5)6/h8-10H,7,11H2,1-6H3,(H,18,20). The molecule has 0 aliphatic heterocycles. The van der Waals surface area contributed by atoms with E-state index >= 15 is 0 Å². The summed E-state index contributed by atoms with van der Waals surface area (Å²) in [4.78, 5) is 24.1. The Kier molecular flexibility index (Phi) is 6.73. The quantitative estimate of drug-likeness (QED) is 0.738. The van der Waals surface area contributed by atoms with E-state index in [0.29, 0.717) is 5.56 Å². The molecule has 0 aliphatic rings. The molecule has 25 heavy (non-hydrogen) atoms. The van der Waals surface area contributed by atoms with E-state index in [1.165, 1.54) is 32.3 Å². The fraction of sp³-hybridized carbons (Fsp3) is 0.529. The summed E-state index contributed by atoms with van der Waals surface area (Å²) in [5.41, 5.74) is 0.293. The average Bonchev–Trinajstić information content (AvgIpc) is 2.52. The van der Waals surface area contributed by atoms with Crippen LogP contribution >= 0.6 is 0 Å². The van der Waals surface area contributed by atoms with Crippen LogP contribution in [0.4, 0.5) is 0 Å². The van der Waals surface area contributed by atoms with Crippen LogP contribution in [0.2, 0.25) is 0 Å². The highest BCUT2D eigenvalue weighted by atomic mass is 32.2. The Balaban J connectivity index is 2.91. The average molecular weight is 370 g/mol. The highest BCUT2D eigenvalue weighted by molar-refractivity contribution is 7.89. The number of sulfonamides is 1. The first-order valence-electron chi connectivity index (χ1n) is 7.92. The van der Waals surface area contributed by atoms with Gasteiger partial charge >= 0.3 is 5.97 Å². The second-order valence-corrected chi connectivity index (χ2v) is 8.78. The Morgan fingerprint density at radius 3 is 2.36 bits per heavy atom. The number of nitrogens with one attached hydrogen (secondary N) is 1. The van der Waals surface area contributed by atoms with Gasteiger partial charge in [-0.1, -0.05) is 13.0 Å². The summed E-state index contributed by atoms with van der Waals surface area (Å²) in [6, 6.07) is 4.23. The molecular weight excluding hydrogens is 344 g/mol. The van der Waals surface area contributed by atoms with Gasteiger partial charge in [-0.15, -0.1) is 0 Å². The van der Waals surface area contributed by atoms with Crippen molar-refractivity contribution in [3.63, 3.8) is 0 Å². The van der Waals surface area contributed by atoms with Gasteiger partial charge in [0.2, 0.25) is 10.0 Å². The summed E-state index contributed by atoms with van der Waals surface area (Å²) in [6.45, 7) is 6.92. The maximum Gasteiger partial charge on any atom is 0.338 e. The SMILES string of the molecule is CCC(C)(C)NC(=O)COC(=O)c1cc(S(=O)(=O)N(C)C)ccc1C. The van der Waals surface area contributed by atoms with E-state index in [-0.39, 0.29) is 16.0 Å². The van der Waals surface area contributed by atoms with E-state index in [4.69, 9.17) is 4.74 Å². The first-order chi connectivity index (χ1) is 11.4. The van der Waals surface area contributed by atoms with Gasteiger partial charge in [0, 0.05) is 19.6 Å². The highest BCUT2D eigenvalue weighted by Crippen LogP contribution is 2.19. The molecule has 1 N–H and O–H groups in total. The number of aryl methyl sites for hydroxylation is 1. The van der Waals surface area contributed by atoms with Crippen molar-refractivity contribution >= 4 is 21.9 Å². The maximum atomic E-state index is 12.2. The number of nitrogens with zero attached hydrogens (tertiary/aromatic N) is 1. The van der Waals surface area contributed by atoms with E-state index in [0.717, 1.165) is 10.7 Å². The normalized spacial score (nSPS) is 12.1. The molecular formula is C17H26N2O5S. The van der Waals surface area contributed by atoms with Crippen molar-refractivity contribution in [3.05, 3.63) is 29.3 Å². The number of carbonyl (C=O) groups is 2.